The first kappa shape index (κ1) is 23.0. The lowest BCUT2D eigenvalue weighted by molar-refractivity contribution is -0.0426. The summed E-state index contributed by atoms with van der Waals surface area (Å²) in [6.07, 6.45) is 2.97. The molecular weight excluding hydrogens is 438 g/mol. The number of aromatic nitrogens is 2. The molecule has 1 atom stereocenters. The summed E-state index contributed by atoms with van der Waals surface area (Å²) in [7, 11) is 0. The van der Waals surface area contributed by atoms with Gasteiger partial charge in [0.05, 0.1) is 19.3 Å². The van der Waals surface area contributed by atoms with E-state index in [4.69, 9.17) is 4.74 Å². The first-order valence-corrected chi connectivity index (χ1v) is 12.0. The average molecular weight is 468 g/mol. The Kier molecular flexibility index (Phi) is 6.75. The molecule has 0 spiro atoms. The lowest BCUT2D eigenvalue weighted by atomic mass is 9.80. The van der Waals surface area contributed by atoms with E-state index in [2.05, 4.69) is 10.3 Å². The predicted molar refractivity (Wildman–Crippen MR) is 136 cm³/mol. The van der Waals surface area contributed by atoms with Crippen LogP contribution < -0.4 is 11.0 Å². The van der Waals surface area contributed by atoms with Gasteiger partial charge in [-0.2, -0.15) is 4.98 Å². The summed E-state index contributed by atoms with van der Waals surface area (Å²) in [6, 6.07) is 32.2. The molecule has 1 aromatic heterocycles. The molecule has 6 nitrogen and oxygen atoms in total. The Balaban J connectivity index is 1.43. The molecule has 1 aliphatic rings. The Labute approximate surface area is 204 Å². The second-order valence-electron chi connectivity index (χ2n) is 8.91. The van der Waals surface area contributed by atoms with Crippen LogP contribution in [-0.4, -0.2) is 33.4 Å². The van der Waals surface area contributed by atoms with Crippen LogP contribution in [0.3, 0.4) is 0 Å². The fourth-order valence-electron chi connectivity index (χ4n) is 4.35. The van der Waals surface area contributed by atoms with E-state index < -0.39 is 17.4 Å². The molecule has 4 aromatic rings. The average Bonchev–Trinajstić information content (AvgIpc) is 3.72. The molecule has 0 radical (unpaired) electrons. The Morgan fingerprint density at radius 3 is 1.86 bits per heavy atom. The van der Waals surface area contributed by atoms with E-state index in [1.807, 2.05) is 91.0 Å². The molecule has 0 amide bonds. The maximum absolute atomic E-state index is 12.5. The lowest BCUT2D eigenvalue weighted by Gasteiger charge is -2.36. The van der Waals surface area contributed by atoms with Gasteiger partial charge in [0.2, 0.25) is 0 Å². The summed E-state index contributed by atoms with van der Waals surface area (Å²) in [4.78, 5) is 16.6. The molecule has 1 fully saturated rings. The molecule has 6 heteroatoms. The fraction of sp³-hybridized carbons (Fsp3) is 0.241. The molecule has 5 rings (SSSR count). The van der Waals surface area contributed by atoms with Gasteiger partial charge in [0, 0.05) is 12.2 Å². The highest BCUT2D eigenvalue weighted by Gasteiger charge is 2.38. The molecule has 2 N–H and O–H groups in total. The van der Waals surface area contributed by atoms with Crippen LogP contribution in [0.2, 0.25) is 0 Å². The summed E-state index contributed by atoms with van der Waals surface area (Å²) < 4.78 is 8.07. The third-order valence-corrected chi connectivity index (χ3v) is 6.24. The highest BCUT2D eigenvalue weighted by atomic mass is 16.5. The Morgan fingerprint density at radius 2 is 1.40 bits per heavy atom. The van der Waals surface area contributed by atoms with Crippen molar-refractivity contribution in [3.63, 3.8) is 0 Å². The quantitative estimate of drug-likeness (QED) is 0.342. The third kappa shape index (κ3) is 5.19. The van der Waals surface area contributed by atoms with Gasteiger partial charge in [0.15, 0.2) is 0 Å². The molecule has 1 saturated carbocycles. The summed E-state index contributed by atoms with van der Waals surface area (Å²) in [5, 5.41) is 14.2. The van der Waals surface area contributed by atoms with Crippen molar-refractivity contribution in [2.24, 2.45) is 0 Å². The van der Waals surface area contributed by atoms with Crippen molar-refractivity contribution in [3.8, 4) is 0 Å². The monoisotopic (exact) mass is 467 g/mol. The van der Waals surface area contributed by atoms with Gasteiger partial charge < -0.3 is 15.2 Å². The van der Waals surface area contributed by atoms with Gasteiger partial charge in [-0.3, -0.25) is 4.57 Å². The van der Waals surface area contributed by atoms with E-state index in [0.29, 0.717) is 11.9 Å². The Hall–Kier alpha value is -3.74. The van der Waals surface area contributed by atoms with E-state index in [1.54, 1.807) is 12.3 Å². The first-order valence-electron chi connectivity index (χ1n) is 12.0. The van der Waals surface area contributed by atoms with Crippen molar-refractivity contribution >= 4 is 5.82 Å². The van der Waals surface area contributed by atoms with Gasteiger partial charge in [-0.1, -0.05) is 91.0 Å². The zero-order chi connectivity index (χ0) is 24.1. The molecule has 0 bridgehead atoms. The number of hydrogen-bond acceptors (Lipinski definition) is 5. The van der Waals surface area contributed by atoms with E-state index in [-0.39, 0.29) is 13.2 Å². The molecule has 0 saturated heterocycles. The van der Waals surface area contributed by atoms with Gasteiger partial charge in [-0.05, 0) is 35.6 Å². The predicted octanol–water partition coefficient (Wildman–Crippen LogP) is 4.19. The first-order chi connectivity index (χ1) is 17.1. The minimum atomic E-state index is -0.925. The van der Waals surface area contributed by atoms with Crippen molar-refractivity contribution in [3.05, 3.63) is 130 Å². The van der Waals surface area contributed by atoms with Crippen molar-refractivity contribution in [1.29, 1.82) is 0 Å². The van der Waals surface area contributed by atoms with Crippen LogP contribution in [0.5, 0.6) is 0 Å². The molecule has 0 unspecified atom stereocenters. The number of aliphatic hydroxyl groups excluding tert-OH is 1. The number of rotatable bonds is 10. The van der Waals surface area contributed by atoms with Crippen molar-refractivity contribution < 1.29 is 9.84 Å². The zero-order valence-corrected chi connectivity index (χ0v) is 19.5. The third-order valence-electron chi connectivity index (χ3n) is 6.24. The standard InChI is InChI=1S/C29H29N3O3/c33-26(20-32-19-18-27(31-28(32)34)30-25-16-17-25)21-35-29(22-10-4-1-5-11-22,23-12-6-2-7-13-23)24-14-8-3-9-15-24/h1-15,18-19,25-26,33H,16-17,20-21H2,(H,30,31,34)/t26-/m0/s1. The Morgan fingerprint density at radius 1 is 0.886 bits per heavy atom. The minimum Gasteiger partial charge on any atom is -0.389 e. The number of benzene rings is 3. The van der Waals surface area contributed by atoms with E-state index >= 15 is 0 Å². The van der Waals surface area contributed by atoms with E-state index in [0.717, 1.165) is 29.5 Å². The maximum Gasteiger partial charge on any atom is 0.349 e. The summed E-state index contributed by atoms with van der Waals surface area (Å²) in [5.74, 6) is 0.579. The lowest BCUT2D eigenvalue weighted by Crippen LogP contribution is -2.38. The van der Waals surface area contributed by atoms with Gasteiger partial charge in [0.25, 0.3) is 0 Å². The zero-order valence-electron chi connectivity index (χ0n) is 19.5. The number of hydrogen-bond donors (Lipinski definition) is 2. The normalized spacial score (nSPS) is 14.4. The van der Waals surface area contributed by atoms with Crippen LogP contribution in [0.4, 0.5) is 5.82 Å². The summed E-state index contributed by atoms with van der Waals surface area (Å²) >= 11 is 0. The fourth-order valence-corrected chi connectivity index (χ4v) is 4.35. The smallest absolute Gasteiger partial charge is 0.349 e. The summed E-state index contributed by atoms with van der Waals surface area (Å²) in [6.45, 7) is 0.108. The van der Waals surface area contributed by atoms with Crippen molar-refractivity contribution in [1.82, 2.24) is 9.55 Å². The molecule has 178 valence electrons. The summed E-state index contributed by atoms with van der Waals surface area (Å²) in [5.41, 5.74) is 1.55. The molecule has 1 aliphatic carbocycles. The van der Waals surface area contributed by atoms with Crippen LogP contribution in [0.15, 0.2) is 108 Å². The number of ether oxygens (including phenoxy) is 1. The molecular formula is C29H29N3O3. The van der Waals surface area contributed by atoms with Gasteiger partial charge in [0.1, 0.15) is 11.4 Å². The van der Waals surface area contributed by atoms with Crippen LogP contribution in [0.1, 0.15) is 29.5 Å². The second-order valence-corrected chi connectivity index (χ2v) is 8.91. The molecule has 0 aliphatic heterocycles. The van der Waals surface area contributed by atoms with E-state index in [9.17, 15) is 9.90 Å². The number of nitrogens with one attached hydrogen (secondary N) is 1. The van der Waals surface area contributed by atoms with Gasteiger partial charge in [-0.15, -0.1) is 0 Å². The van der Waals surface area contributed by atoms with Crippen molar-refractivity contribution in [2.75, 3.05) is 11.9 Å². The Bertz CT molecular complexity index is 1190. The van der Waals surface area contributed by atoms with Crippen molar-refractivity contribution in [2.45, 2.75) is 37.1 Å². The molecule has 1 heterocycles. The highest BCUT2D eigenvalue weighted by molar-refractivity contribution is 5.47. The van der Waals surface area contributed by atoms with Gasteiger partial charge >= 0.3 is 5.69 Å². The minimum absolute atomic E-state index is 0.0210. The largest absolute Gasteiger partial charge is 0.389 e. The number of aliphatic hydroxyl groups is 1. The molecule has 3 aromatic carbocycles. The second kappa shape index (κ2) is 10.3. The highest BCUT2D eigenvalue weighted by Crippen LogP contribution is 2.40. The molecule has 35 heavy (non-hydrogen) atoms. The van der Waals surface area contributed by atoms with Crippen LogP contribution in [0.25, 0.3) is 0 Å². The van der Waals surface area contributed by atoms with Crippen LogP contribution in [-0.2, 0) is 16.9 Å². The van der Waals surface area contributed by atoms with Gasteiger partial charge in [-0.25, -0.2) is 4.79 Å². The van der Waals surface area contributed by atoms with Crippen LogP contribution in [0, 0.1) is 0 Å². The SMILES string of the molecule is O=c1nc(NC2CC2)ccn1C[C@H](O)COC(c1ccccc1)(c1ccccc1)c1ccccc1. The van der Waals surface area contributed by atoms with Crippen LogP contribution >= 0.6 is 0 Å². The van der Waals surface area contributed by atoms with E-state index in [1.165, 1.54) is 4.57 Å². The number of nitrogens with zero attached hydrogens (tertiary/aromatic N) is 2. The number of anilines is 1. The maximum atomic E-state index is 12.5. The topological polar surface area (TPSA) is 76.4 Å².